The molecular formula is C21H30N2O2. The molecule has 0 aromatic heterocycles. The summed E-state index contributed by atoms with van der Waals surface area (Å²) in [6.45, 7) is 5.10. The fourth-order valence-corrected chi connectivity index (χ4v) is 3.85. The molecule has 0 unspecified atom stereocenters. The van der Waals surface area contributed by atoms with Crippen molar-refractivity contribution < 1.29 is 9.53 Å². The molecular weight excluding hydrogens is 312 g/mol. The van der Waals surface area contributed by atoms with Gasteiger partial charge in [0.1, 0.15) is 5.75 Å². The van der Waals surface area contributed by atoms with Gasteiger partial charge in [0.15, 0.2) is 0 Å². The van der Waals surface area contributed by atoms with Crippen molar-refractivity contribution >= 4 is 12.0 Å². The summed E-state index contributed by atoms with van der Waals surface area (Å²) in [5, 5.41) is 0. The molecule has 2 aliphatic rings. The van der Waals surface area contributed by atoms with Crippen molar-refractivity contribution in [2.45, 2.75) is 32.1 Å². The van der Waals surface area contributed by atoms with Gasteiger partial charge in [-0.2, -0.15) is 0 Å². The third-order valence-electron chi connectivity index (χ3n) is 5.43. The molecule has 1 amide bonds. The first-order chi connectivity index (χ1) is 12.3. The van der Waals surface area contributed by atoms with Gasteiger partial charge in [-0.05, 0) is 50.8 Å². The van der Waals surface area contributed by atoms with Crippen molar-refractivity contribution in [2.24, 2.45) is 5.92 Å². The van der Waals surface area contributed by atoms with Crippen molar-refractivity contribution in [3.8, 4) is 5.75 Å². The highest BCUT2D eigenvalue weighted by atomic mass is 16.5. The van der Waals surface area contributed by atoms with Gasteiger partial charge < -0.3 is 9.64 Å². The standard InChI is InChI=1S/C21H30N2O2/c1-25-20-9-3-2-7-19(20)8-6-12-22-15-10-18(11-16-22)17-21(24)23-13-4-5-14-23/h2-3,6-9,18H,4-5,10-17H2,1H3/b8-6+. The predicted octanol–water partition coefficient (Wildman–Crippen LogP) is 3.43. The number of carbonyl (C=O) groups is 1. The van der Waals surface area contributed by atoms with Gasteiger partial charge in [0.25, 0.3) is 0 Å². The highest BCUT2D eigenvalue weighted by molar-refractivity contribution is 5.76. The first-order valence-corrected chi connectivity index (χ1v) is 9.56. The SMILES string of the molecule is COc1ccccc1/C=C/CN1CCC(CC(=O)N2CCCC2)CC1. The highest BCUT2D eigenvalue weighted by Crippen LogP contribution is 2.23. The molecule has 0 saturated carbocycles. The van der Waals surface area contributed by atoms with Gasteiger partial charge in [0.05, 0.1) is 7.11 Å². The van der Waals surface area contributed by atoms with Crippen LogP contribution in [0.15, 0.2) is 30.3 Å². The number of nitrogens with zero attached hydrogens (tertiary/aromatic N) is 2. The summed E-state index contributed by atoms with van der Waals surface area (Å²) in [5.74, 6) is 1.87. The van der Waals surface area contributed by atoms with E-state index in [2.05, 4.69) is 28.0 Å². The number of likely N-dealkylation sites (tertiary alicyclic amines) is 2. The van der Waals surface area contributed by atoms with Crippen molar-refractivity contribution in [1.82, 2.24) is 9.80 Å². The Hall–Kier alpha value is -1.81. The maximum atomic E-state index is 12.3. The normalized spacial score (nSPS) is 19.6. The predicted molar refractivity (Wildman–Crippen MR) is 102 cm³/mol. The molecule has 4 nitrogen and oxygen atoms in total. The largest absolute Gasteiger partial charge is 0.496 e. The molecule has 2 fully saturated rings. The summed E-state index contributed by atoms with van der Waals surface area (Å²) >= 11 is 0. The number of piperidine rings is 1. The van der Waals surface area contributed by atoms with E-state index in [0.29, 0.717) is 11.8 Å². The Balaban J connectivity index is 1.40. The molecule has 2 aliphatic heterocycles. The van der Waals surface area contributed by atoms with Crippen molar-refractivity contribution in [3.05, 3.63) is 35.9 Å². The summed E-state index contributed by atoms with van der Waals surface area (Å²) < 4.78 is 5.38. The highest BCUT2D eigenvalue weighted by Gasteiger charge is 2.24. The van der Waals surface area contributed by atoms with Crippen LogP contribution in [0.5, 0.6) is 5.75 Å². The third-order valence-corrected chi connectivity index (χ3v) is 5.43. The van der Waals surface area contributed by atoms with Crippen LogP contribution in [0, 0.1) is 5.92 Å². The Labute approximate surface area is 151 Å². The number of methoxy groups -OCH3 is 1. The molecule has 1 aromatic rings. The van der Waals surface area contributed by atoms with Crippen LogP contribution in [-0.2, 0) is 4.79 Å². The molecule has 0 spiro atoms. The number of benzene rings is 1. The second kappa shape index (κ2) is 9.04. The van der Waals surface area contributed by atoms with E-state index in [9.17, 15) is 4.79 Å². The molecule has 1 aromatic carbocycles. The quantitative estimate of drug-likeness (QED) is 0.794. The van der Waals surface area contributed by atoms with E-state index in [1.807, 2.05) is 18.2 Å². The van der Waals surface area contributed by atoms with Crippen LogP contribution in [0.25, 0.3) is 6.08 Å². The fourth-order valence-electron chi connectivity index (χ4n) is 3.85. The van der Waals surface area contributed by atoms with Crippen LogP contribution in [0.3, 0.4) is 0 Å². The van der Waals surface area contributed by atoms with Crippen molar-refractivity contribution in [1.29, 1.82) is 0 Å². The molecule has 25 heavy (non-hydrogen) atoms. The Morgan fingerprint density at radius 2 is 1.88 bits per heavy atom. The van der Waals surface area contributed by atoms with Crippen molar-refractivity contribution in [3.63, 3.8) is 0 Å². The van der Waals surface area contributed by atoms with E-state index < -0.39 is 0 Å². The first-order valence-electron chi connectivity index (χ1n) is 9.56. The number of amides is 1. The molecule has 4 heteroatoms. The van der Waals surface area contributed by atoms with E-state index in [4.69, 9.17) is 4.74 Å². The summed E-state index contributed by atoms with van der Waals surface area (Å²) in [5.41, 5.74) is 1.12. The maximum absolute atomic E-state index is 12.3. The Morgan fingerprint density at radius 3 is 2.60 bits per heavy atom. The lowest BCUT2D eigenvalue weighted by Crippen LogP contribution is -2.36. The number of para-hydroxylation sites is 1. The number of hydrogen-bond acceptors (Lipinski definition) is 3. The van der Waals surface area contributed by atoms with Gasteiger partial charge in [0, 0.05) is 31.6 Å². The van der Waals surface area contributed by atoms with E-state index in [-0.39, 0.29) is 0 Å². The van der Waals surface area contributed by atoms with E-state index in [1.165, 1.54) is 12.8 Å². The lowest BCUT2D eigenvalue weighted by Gasteiger charge is -2.31. The number of rotatable bonds is 6. The Bertz CT molecular complexity index is 585. The van der Waals surface area contributed by atoms with Gasteiger partial charge in [-0.25, -0.2) is 0 Å². The number of ether oxygens (including phenoxy) is 1. The zero-order chi connectivity index (χ0) is 17.5. The van der Waals surface area contributed by atoms with Gasteiger partial charge in [0.2, 0.25) is 5.91 Å². The molecule has 2 heterocycles. The average Bonchev–Trinajstić information content (AvgIpc) is 3.18. The van der Waals surface area contributed by atoms with Gasteiger partial charge in [-0.15, -0.1) is 0 Å². The minimum absolute atomic E-state index is 0.381. The minimum Gasteiger partial charge on any atom is -0.496 e. The molecule has 0 aliphatic carbocycles. The van der Waals surface area contributed by atoms with Crippen LogP contribution < -0.4 is 4.74 Å². The van der Waals surface area contributed by atoms with Crippen LogP contribution >= 0.6 is 0 Å². The molecule has 0 atom stereocenters. The lowest BCUT2D eigenvalue weighted by atomic mass is 9.93. The molecule has 3 rings (SSSR count). The monoisotopic (exact) mass is 342 g/mol. The van der Waals surface area contributed by atoms with Crippen LogP contribution in [-0.4, -0.2) is 55.5 Å². The van der Waals surface area contributed by atoms with Gasteiger partial charge in [-0.3, -0.25) is 9.69 Å². The van der Waals surface area contributed by atoms with Crippen molar-refractivity contribution in [2.75, 3.05) is 39.8 Å². The van der Waals surface area contributed by atoms with Gasteiger partial charge in [-0.1, -0.05) is 30.4 Å². The molecule has 2 saturated heterocycles. The zero-order valence-corrected chi connectivity index (χ0v) is 15.3. The summed E-state index contributed by atoms with van der Waals surface area (Å²) in [4.78, 5) is 16.8. The smallest absolute Gasteiger partial charge is 0.222 e. The number of hydrogen-bond donors (Lipinski definition) is 0. The fraction of sp³-hybridized carbons (Fsp3) is 0.571. The Morgan fingerprint density at radius 1 is 1.16 bits per heavy atom. The summed E-state index contributed by atoms with van der Waals surface area (Å²) in [7, 11) is 1.71. The average molecular weight is 342 g/mol. The molecule has 0 radical (unpaired) electrons. The Kier molecular flexibility index (Phi) is 6.51. The van der Waals surface area contributed by atoms with E-state index >= 15 is 0 Å². The maximum Gasteiger partial charge on any atom is 0.222 e. The van der Waals surface area contributed by atoms with E-state index in [0.717, 1.165) is 63.3 Å². The first kappa shape index (κ1) is 18.0. The lowest BCUT2D eigenvalue weighted by molar-refractivity contribution is -0.131. The van der Waals surface area contributed by atoms with Crippen LogP contribution in [0.1, 0.15) is 37.7 Å². The minimum atomic E-state index is 0.381. The summed E-state index contributed by atoms with van der Waals surface area (Å²) in [6.07, 6.45) is 9.76. The topological polar surface area (TPSA) is 32.8 Å². The van der Waals surface area contributed by atoms with Crippen LogP contribution in [0.2, 0.25) is 0 Å². The summed E-state index contributed by atoms with van der Waals surface area (Å²) in [6, 6.07) is 8.09. The second-order valence-corrected chi connectivity index (χ2v) is 7.18. The zero-order valence-electron chi connectivity index (χ0n) is 15.3. The third kappa shape index (κ3) is 5.08. The molecule has 0 bridgehead atoms. The second-order valence-electron chi connectivity index (χ2n) is 7.18. The van der Waals surface area contributed by atoms with Crippen LogP contribution in [0.4, 0.5) is 0 Å². The van der Waals surface area contributed by atoms with Gasteiger partial charge >= 0.3 is 0 Å². The molecule has 0 N–H and O–H groups in total. The van der Waals surface area contributed by atoms with E-state index in [1.54, 1.807) is 7.11 Å². The number of carbonyl (C=O) groups excluding carboxylic acids is 1. The molecule has 136 valence electrons.